The van der Waals surface area contributed by atoms with Crippen molar-refractivity contribution in [3.63, 3.8) is 0 Å². The number of nitrogens with one attached hydrogen (secondary N) is 1. The number of hydrogen-bond donors (Lipinski definition) is 1. The Balaban J connectivity index is 1.44. The Hall–Kier alpha value is -3.70. The molecule has 0 bridgehead atoms. The Morgan fingerprint density at radius 2 is 1.76 bits per heavy atom. The average Bonchev–Trinajstić information content (AvgIpc) is 3.21. The molecule has 4 rings (SSSR count). The van der Waals surface area contributed by atoms with Crippen LogP contribution in [0.2, 0.25) is 0 Å². The van der Waals surface area contributed by atoms with Crippen LogP contribution >= 0.6 is 0 Å². The molecule has 0 aliphatic carbocycles. The predicted molar refractivity (Wildman–Crippen MR) is 139 cm³/mol. The quantitative estimate of drug-likeness (QED) is 0.325. The number of hydrogen-bond acceptors (Lipinski definition) is 3. The first kappa shape index (κ1) is 23.5. The second-order valence-corrected chi connectivity index (χ2v) is 9.06. The van der Waals surface area contributed by atoms with Crippen molar-refractivity contribution in [3.05, 3.63) is 90.1 Å². The third-order valence-electron chi connectivity index (χ3n) is 6.12. The van der Waals surface area contributed by atoms with E-state index in [4.69, 9.17) is 0 Å². The lowest BCUT2D eigenvalue weighted by molar-refractivity contribution is -0.117. The van der Waals surface area contributed by atoms with Crippen LogP contribution in [0.1, 0.15) is 35.7 Å². The zero-order valence-electron chi connectivity index (χ0n) is 20.0. The van der Waals surface area contributed by atoms with Gasteiger partial charge in [-0.25, -0.2) is 0 Å². The monoisotopic (exact) mass is 453 g/mol. The van der Waals surface area contributed by atoms with Gasteiger partial charge < -0.3 is 9.88 Å². The Morgan fingerprint density at radius 3 is 2.44 bits per heavy atom. The zero-order valence-corrected chi connectivity index (χ0v) is 20.0. The summed E-state index contributed by atoms with van der Waals surface area (Å²) in [5.74, 6) is 0.427. The summed E-state index contributed by atoms with van der Waals surface area (Å²) in [6.45, 7) is 6.01. The topological polar surface area (TPSA) is 54.3 Å². The van der Waals surface area contributed by atoms with Crippen LogP contribution in [-0.2, 0) is 11.3 Å². The lowest BCUT2D eigenvalue weighted by Crippen LogP contribution is -2.32. The normalized spacial score (nSPS) is 11.3. The van der Waals surface area contributed by atoms with Gasteiger partial charge in [-0.15, -0.1) is 0 Å². The number of carbonyl (C=O) groups excluding carboxylic acids is 2. The van der Waals surface area contributed by atoms with Crippen molar-refractivity contribution < 1.29 is 9.59 Å². The fraction of sp³-hybridized carbons (Fsp3) is 0.241. The minimum absolute atomic E-state index is 0.0367. The molecule has 1 aromatic heterocycles. The van der Waals surface area contributed by atoms with E-state index in [-0.39, 0.29) is 5.91 Å². The number of amides is 1. The first-order valence-corrected chi connectivity index (χ1v) is 11.7. The van der Waals surface area contributed by atoms with Crippen molar-refractivity contribution in [1.29, 1.82) is 0 Å². The van der Waals surface area contributed by atoms with Gasteiger partial charge in [-0.3, -0.25) is 14.5 Å². The van der Waals surface area contributed by atoms with Crippen molar-refractivity contribution >= 4 is 28.8 Å². The molecule has 5 nitrogen and oxygen atoms in total. The van der Waals surface area contributed by atoms with Gasteiger partial charge in [-0.05, 0) is 42.3 Å². The number of carbonyl (C=O) groups is 2. The molecule has 0 fully saturated rings. The van der Waals surface area contributed by atoms with E-state index in [1.165, 1.54) is 5.56 Å². The number of likely N-dealkylation sites (N-methyl/N-ethyl adjacent to an activating group) is 1. The molecular formula is C29H31N3O2. The van der Waals surface area contributed by atoms with Crippen molar-refractivity contribution in [2.24, 2.45) is 0 Å². The average molecular weight is 454 g/mol. The standard InChI is InChI=1S/C29H31N3O2/c1-21(2)23-10-12-25(13-11-23)30-29(34)19-31(3)15-16-32-18-27(24-7-5-4-6-8-24)26-14-9-22(20-33)17-28(26)32/h4-14,17-18,20-21H,15-16,19H2,1-3H3,(H,30,34). The smallest absolute Gasteiger partial charge is 0.238 e. The molecule has 0 unspecified atom stereocenters. The lowest BCUT2D eigenvalue weighted by Gasteiger charge is -2.17. The van der Waals surface area contributed by atoms with Crippen LogP contribution in [0.25, 0.3) is 22.0 Å². The van der Waals surface area contributed by atoms with Crippen molar-refractivity contribution in [2.45, 2.75) is 26.3 Å². The Kier molecular flexibility index (Phi) is 7.24. The Labute approximate surface area is 201 Å². The summed E-state index contributed by atoms with van der Waals surface area (Å²) in [6.07, 6.45) is 3.02. The van der Waals surface area contributed by atoms with E-state index in [2.05, 4.69) is 54.2 Å². The van der Waals surface area contributed by atoms with Gasteiger partial charge in [0, 0.05) is 47.0 Å². The minimum atomic E-state index is -0.0367. The summed E-state index contributed by atoms with van der Waals surface area (Å²) < 4.78 is 2.17. The first-order valence-electron chi connectivity index (χ1n) is 11.7. The number of fused-ring (bicyclic) bond motifs is 1. The molecule has 34 heavy (non-hydrogen) atoms. The summed E-state index contributed by atoms with van der Waals surface area (Å²) in [5.41, 5.74) is 6.02. The van der Waals surface area contributed by atoms with Crippen molar-refractivity contribution in [2.75, 3.05) is 25.5 Å². The second-order valence-electron chi connectivity index (χ2n) is 9.06. The fourth-order valence-electron chi connectivity index (χ4n) is 4.17. The number of benzene rings is 3. The third kappa shape index (κ3) is 5.43. The van der Waals surface area contributed by atoms with E-state index in [1.54, 1.807) is 0 Å². The van der Waals surface area contributed by atoms with Crippen LogP contribution in [0, 0.1) is 0 Å². The van der Waals surface area contributed by atoms with Gasteiger partial charge >= 0.3 is 0 Å². The number of aromatic nitrogens is 1. The van der Waals surface area contributed by atoms with E-state index in [0.29, 0.717) is 31.1 Å². The van der Waals surface area contributed by atoms with Gasteiger partial charge in [0.1, 0.15) is 6.29 Å². The molecule has 4 aromatic rings. The highest BCUT2D eigenvalue weighted by molar-refractivity contribution is 5.98. The van der Waals surface area contributed by atoms with E-state index in [9.17, 15) is 9.59 Å². The molecule has 0 saturated heterocycles. The van der Waals surface area contributed by atoms with Crippen molar-refractivity contribution in [1.82, 2.24) is 9.47 Å². The van der Waals surface area contributed by atoms with Gasteiger partial charge in [-0.2, -0.15) is 0 Å². The van der Waals surface area contributed by atoms with Crippen LogP contribution in [-0.4, -0.2) is 41.8 Å². The molecule has 1 N–H and O–H groups in total. The summed E-state index contributed by atoms with van der Waals surface area (Å²) in [7, 11) is 1.95. The fourth-order valence-corrected chi connectivity index (χ4v) is 4.17. The van der Waals surface area contributed by atoms with Gasteiger partial charge in [-0.1, -0.05) is 68.4 Å². The van der Waals surface area contributed by atoms with Crippen LogP contribution in [0.15, 0.2) is 79.0 Å². The largest absolute Gasteiger partial charge is 0.346 e. The highest BCUT2D eigenvalue weighted by Gasteiger charge is 2.13. The number of nitrogens with zero attached hydrogens (tertiary/aromatic N) is 2. The Bertz CT molecular complexity index is 1270. The molecular weight excluding hydrogens is 422 g/mol. The molecule has 0 aliphatic heterocycles. The van der Waals surface area contributed by atoms with Crippen LogP contribution in [0.3, 0.4) is 0 Å². The van der Waals surface area contributed by atoms with Crippen LogP contribution in [0.4, 0.5) is 5.69 Å². The SMILES string of the molecule is CC(C)c1ccc(NC(=O)CN(C)CCn2cc(-c3ccccc3)c3ccc(C=O)cc32)cc1. The molecule has 1 amide bonds. The molecule has 0 radical (unpaired) electrons. The van der Waals surface area contributed by atoms with Gasteiger partial charge in [0.05, 0.1) is 6.54 Å². The second kappa shape index (κ2) is 10.5. The molecule has 0 atom stereocenters. The molecule has 1 heterocycles. The van der Waals surface area contributed by atoms with Crippen LogP contribution < -0.4 is 5.32 Å². The number of rotatable bonds is 9. The van der Waals surface area contributed by atoms with Gasteiger partial charge in [0.15, 0.2) is 0 Å². The first-order chi connectivity index (χ1) is 16.4. The summed E-state index contributed by atoms with van der Waals surface area (Å²) >= 11 is 0. The summed E-state index contributed by atoms with van der Waals surface area (Å²) in [6, 6.07) is 24.1. The van der Waals surface area contributed by atoms with Gasteiger partial charge in [0.25, 0.3) is 0 Å². The lowest BCUT2D eigenvalue weighted by atomic mass is 10.0. The molecule has 5 heteroatoms. The maximum Gasteiger partial charge on any atom is 0.238 e. The molecule has 174 valence electrons. The molecule has 0 saturated carbocycles. The van der Waals surface area contributed by atoms with E-state index < -0.39 is 0 Å². The highest BCUT2D eigenvalue weighted by Crippen LogP contribution is 2.31. The third-order valence-corrected chi connectivity index (χ3v) is 6.12. The van der Waals surface area contributed by atoms with E-state index in [1.807, 2.05) is 60.5 Å². The number of aldehydes is 1. The predicted octanol–water partition coefficient (Wildman–Crippen LogP) is 5.81. The minimum Gasteiger partial charge on any atom is -0.346 e. The van der Waals surface area contributed by atoms with Crippen LogP contribution in [0.5, 0.6) is 0 Å². The Morgan fingerprint density at radius 1 is 1.03 bits per heavy atom. The maximum absolute atomic E-state index is 12.5. The van der Waals surface area contributed by atoms with Gasteiger partial charge in [0.2, 0.25) is 5.91 Å². The summed E-state index contributed by atoms with van der Waals surface area (Å²) in [5, 5.41) is 4.09. The van der Waals surface area contributed by atoms with Crippen molar-refractivity contribution in [3.8, 4) is 11.1 Å². The zero-order chi connectivity index (χ0) is 24.1. The molecule has 0 aliphatic rings. The molecule has 3 aromatic carbocycles. The number of anilines is 1. The molecule has 0 spiro atoms. The van der Waals surface area contributed by atoms with E-state index >= 15 is 0 Å². The van der Waals surface area contributed by atoms with E-state index in [0.717, 1.165) is 34.0 Å². The maximum atomic E-state index is 12.5. The summed E-state index contributed by atoms with van der Waals surface area (Å²) in [4.78, 5) is 25.9. The highest BCUT2D eigenvalue weighted by atomic mass is 16.2.